The number of hydrogen-bond donors (Lipinski definition) is 0. The van der Waals surface area contributed by atoms with Crippen LogP contribution in [0.2, 0.25) is 0 Å². The molecule has 1 aromatic heterocycles. The molecule has 3 rings (SSSR count). The fourth-order valence-corrected chi connectivity index (χ4v) is 3.12. The minimum Gasteiger partial charge on any atom is -0.339 e. The van der Waals surface area contributed by atoms with Gasteiger partial charge in [0.2, 0.25) is 5.91 Å². The van der Waals surface area contributed by atoms with Crippen LogP contribution in [0.25, 0.3) is 5.69 Å². The van der Waals surface area contributed by atoms with Crippen LogP contribution in [-0.4, -0.2) is 32.6 Å². The molecule has 0 radical (unpaired) electrons. The zero-order valence-electron chi connectivity index (χ0n) is 13.1. The molecule has 1 amide bonds. The smallest absolute Gasteiger partial charge is 0.225 e. The molecule has 1 unspecified atom stereocenters. The normalized spacial score (nSPS) is 16.6. The standard InChI is InChI=1S/C17H22N4O/c1-13(20(2)17(22)15-5-3-4-6-15)14-7-9-16(10-8-14)21-12-18-11-19-21/h7-13,15H,3-6H2,1-2H3. The van der Waals surface area contributed by atoms with Gasteiger partial charge in [0.15, 0.2) is 0 Å². The van der Waals surface area contributed by atoms with E-state index in [0.29, 0.717) is 0 Å². The highest BCUT2D eigenvalue weighted by Gasteiger charge is 2.28. The lowest BCUT2D eigenvalue weighted by Gasteiger charge is -2.28. The molecular weight excluding hydrogens is 276 g/mol. The van der Waals surface area contributed by atoms with Crippen LogP contribution >= 0.6 is 0 Å². The Kier molecular flexibility index (Phi) is 4.22. The molecule has 5 nitrogen and oxygen atoms in total. The maximum absolute atomic E-state index is 12.5. The first-order chi connectivity index (χ1) is 10.7. The van der Waals surface area contributed by atoms with Gasteiger partial charge in [-0.1, -0.05) is 25.0 Å². The molecule has 1 saturated carbocycles. The fourth-order valence-electron chi connectivity index (χ4n) is 3.12. The lowest BCUT2D eigenvalue weighted by molar-refractivity contribution is -0.135. The van der Waals surface area contributed by atoms with Gasteiger partial charge in [0.05, 0.1) is 11.7 Å². The molecule has 1 aliphatic carbocycles. The zero-order valence-corrected chi connectivity index (χ0v) is 13.1. The molecule has 0 saturated heterocycles. The van der Waals surface area contributed by atoms with E-state index in [4.69, 9.17) is 0 Å². The molecule has 0 aliphatic heterocycles. The van der Waals surface area contributed by atoms with E-state index < -0.39 is 0 Å². The van der Waals surface area contributed by atoms with E-state index in [1.54, 1.807) is 11.0 Å². The summed E-state index contributed by atoms with van der Waals surface area (Å²) >= 11 is 0. The molecular formula is C17H22N4O. The van der Waals surface area contributed by atoms with Crippen molar-refractivity contribution in [2.75, 3.05) is 7.05 Å². The second-order valence-corrected chi connectivity index (χ2v) is 6.04. The minimum absolute atomic E-state index is 0.0814. The lowest BCUT2D eigenvalue weighted by Crippen LogP contribution is -2.34. The van der Waals surface area contributed by atoms with E-state index in [9.17, 15) is 4.79 Å². The quantitative estimate of drug-likeness (QED) is 0.872. The number of aromatic nitrogens is 3. The number of carbonyl (C=O) groups excluding carboxylic acids is 1. The molecule has 116 valence electrons. The van der Waals surface area contributed by atoms with Gasteiger partial charge < -0.3 is 4.90 Å². The molecule has 1 aromatic carbocycles. The zero-order chi connectivity index (χ0) is 15.5. The Morgan fingerprint density at radius 2 is 1.95 bits per heavy atom. The summed E-state index contributed by atoms with van der Waals surface area (Å²) in [6, 6.07) is 8.21. The Morgan fingerprint density at radius 1 is 1.27 bits per heavy atom. The summed E-state index contributed by atoms with van der Waals surface area (Å²) in [7, 11) is 1.91. The number of benzene rings is 1. The predicted molar refractivity (Wildman–Crippen MR) is 84.5 cm³/mol. The monoisotopic (exact) mass is 298 g/mol. The molecule has 5 heteroatoms. The molecule has 1 heterocycles. The summed E-state index contributed by atoms with van der Waals surface area (Å²) in [6.45, 7) is 2.08. The van der Waals surface area contributed by atoms with Crippen molar-refractivity contribution < 1.29 is 4.79 Å². The van der Waals surface area contributed by atoms with E-state index in [1.807, 2.05) is 24.1 Å². The van der Waals surface area contributed by atoms with Gasteiger partial charge in [0.25, 0.3) is 0 Å². The second kappa shape index (κ2) is 6.30. The van der Waals surface area contributed by atoms with Crippen LogP contribution in [0.15, 0.2) is 36.9 Å². The molecule has 1 aliphatic rings. The van der Waals surface area contributed by atoms with Crippen LogP contribution in [0, 0.1) is 5.92 Å². The number of carbonyl (C=O) groups is 1. The van der Waals surface area contributed by atoms with Crippen LogP contribution in [-0.2, 0) is 4.79 Å². The van der Waals surface area contributed by atoms with Gasteiger partial charge in [-0.3, -0.25) is 4.79 Å². The van der Waals surface area contributed by atoms with Crippen molar-refractivity contribution in [1.29, 1.82) is 0 Å². The third-order valence-corrected chi connectivity index (χ3v) is 4.69. The summed E-state index contributed by atoms with van der Waals surface area (Å²) in [6.07, 6.45) is 7.65. The van der Waals surface area contributed by atoms with Crippen LogP contribution in [0.1, 0.15) is 44.2 Å². The van der Waals surface area contributed by atoms with E-state index in [1.165, 1.54) is 19.2 Å². The van der Waals surface area contributed by atoms with Gasteiger partial charge in [0, 0.05) is 13.0 Å². The van der Waals surface area contributed by atoms with Crippen molar-refractivity contribution in [3.05, 3.63) is 42.5 Å². The van der Waals surface area contributed by atoms with Gasteiger partial charge in [-0.15, -0.1) is 0 Å². The van der Waals surface area contributed by atoms with Gasteiger partial charge in [-0.05, 0) is 37.5 Å². The molecule has 1 fully saturated rings. The first-order valence-corrected chi connectivity index (χ1v) is 7.88. The second-order valence-electron chi connectivity index (χ2n) is 6.04. The van der Waals surface area contributed by atoms with E-state index in [-0.39, 0.29) is 17.9 Å². The van der Waals surface area contributed by atoms with Gasteiger partial charge in [0.1, 0.15) is 12.7 Å². The van der Waals surface area contributed by atoms with Crippen LogP contribution < -0.4 is 0 Å². The van der Waals surface area contributed by atoms with Crippen molar-refractivity contribution in [3.63, 3.8) is 0 Å². The number of rotatable bonds is 4. The summed E-state index contributed by atoms with van der Waals surface area (Å²) in [5.41, 5.74) is 2.11. The van der Waals surface area contributed by atoms with Crippen molar-refractivity contribution in [2.45, 2.75) is 38.6 Å². The Balaban J connectivity index is 1.71. The van der Waals surface area contributed by atoms with Crippen LogP contribution in [0.5, 0.6) is 0 Å². The van der Waals surface area contributed by atoms with Crippen molar-refractivity contribution in [2.24, 2.45) is 5.92 Å². The number of hydrogen-bond acceptors (Lipinski definition) is 3. The highest BCUT2D eigenvalue weighted by atomic mass is 16.2. The van der Waals surface area contributed by atoms with Crippen molar-refractivity contribution >= 4 is 5.91 Å². The van der Waals surface area contributed by atoms with Gasteiger partial charge in [-0.2, -0.15) is 5.10 Å². The van der Waals surface area contributed by atoms with Gasteiger partial charge in [-0.25, -0.2) is 9.67 Å². The SMILES string of the molecule is CC(c1ccc(-n2cncn2)cc1)N(C)C(=O)C1CCCC1. The third kappa shape index (κ3) is 2.89. The molecule has 0 bridgehead atoms. The average Bonchev–Trinajstić information content (AvgIpc) is 3.26. The maximum atomic E-state index is 12.5. The Morgan fingerprint density at radius 3 is 2.55 bits per heavy atom. The lowest BCUT2D eigenvalue weighted by atomic mass is 10.0. The van der Waals surface area contributed by atoms with Crippen molar-refractivity contribution in [1.82, 2.24) is 19.7 Å². The first kappa shape index (κ1) is 14.8. The predicted octanol–water partition coefficient (Wildman–Crippen LogP) is 2.98. The Labute approximate surface area is 131 Å². The van der Waals surface area contributed by atoms with Crippen molar-refractivity contribution in [3.8, 4) is 5.69 Å². The number of amides is 1. The number of nitrogens with zero attached hydrogens (tertiary/aromatic N) is 4. The maximum Gasteiger partial charge on any atom is 0.225 e. The highest BCUT2D eigenvalue weighted by Crippen LogP contribution is 2.29. The third-order valence-electron chi connectivity index (χ3n) is 4.69. The Bertz CT molecular complexity index is 615. The van der Waals surface area contributed by atoms with Gasteiger partial charge >= 0.3 is 0 Å². The summed E-state index contributed by atoms with van der Waals surface area (Å²) in [5, 5.41) is 4.12. The van der Waals surface area contributed by atoms with E-state index in [0.717, 1.165) is 24.1 Å². The molecule has 0 N–H and O–H groups in total. The fraction of sp³-hybridized carbons (Fsp3) is 0.471. The average molecular weight is 298 g/mol. The largest absolute Gasteiger partial charge is 0.339 e. The summed E-state index contributed by atoms with van der Waals surface area (Å²) < 4.78 is 1.72. The topological polar surface area (TPSA) is 51.0 Å². The molecule has 2 aromatic rings. The van der Waals surface area contributed by atoms with Crippen LogP contribution in [0.3, 0.4) is 0 Å². The summed E-state index contributed by atoms with van der Waals surface area (Å²) in [4.78, 5) is 18.4. The Hall–Kier alpha value is -2.17. The van der Waals surface area contributed by atoms with E-state index >= 15 is 0 Å². The highest BCUT2D eigenvalue weighted by molar-refractivity contribution is 5.79. The molecule has 0 spiro atoms. The van der Waals surface area contributed by atoms with E-state index in [2.05, 4.69) is 29.1 Å². The minimum atomic E-state index is 0.0814. The first-order valence-electron chi connectivity index (χ1n) is 7.88. The van der Waals surface area contributed by atoms with Crippen LogP contribution in [0.4, 0.5) is 0 Å². The molecule has 1 atom stereocenters. The molecule has 22 heavy (non-hydrogen) atoms. The summed E-state index contributed by atoms with van der Waals surface area (Å²) in [5.74, 6) is 0.507.